The number of rotatable bonds is 5. The minimum Gasteiger partial charge on any atom is -0.611 e. The van der Waals surface area contributed by atoms with Crippen LogP contribution in [0, 0.1) is 0 Å². The van der Waals surface area contributed by atoms with Crippen molar-refractivity contribution in [2.75, 3.05) is 53.7 Å². The first-order chi connectivity index (χ1) is 15.6. The molecule has 0 aliphatic carbocycles. The Morgan fingerprint density at radius 1 is 1.25 bits per heavy atom. The van der Waals surface area contributed by atoms with Crippen molar-refractivity contribution in [2.45, 2.75) is 30.2 Å². The highest BCUT2D eigenvalue weighted by molar-refractivity contribution is 7.91. The number of aryl methyl sites for hydroxylation is 1. The predicted octanol–water partition coefficient (Wildman–Crippen LogP) is 2.23. The third kappa shape index (κ3) is 4.20. The lowest BCUT2D eigenvalue weighted by Gasteiger charge is -2.34. The average Bonchev–Trinajstić information content (AvgIpc) is 3.20. The number of piperazine rings is 1. The maximum atomic E-state index is 13.0. The zero-order valence-corrected chi connectivity index (χ0v) is 18.8. The van der Waals surface area contributed by atoms with Crippen LogP contribution in [-0.4, -0.2) is 65.1 Å². The molecule has 32 heavy (non-hydrogen) atoms. The first kappa shape index (κ1) is 21.2. The topological polar surface area (TPSA) is 93.7 Å². The molecular weight excluding hydrogens is 426 g/mol. The van der Waals surface area contributed by atoms with Crippen LogP contribution in [0.1, 0.15) is 24.1 Å². The van der Waals surface area contributed by atoms with Crippen LogP contribution >= 0.6 is 0 Å². The summed E-state index contributed by atoms with van der Waals surface area (Å²) in [5.41, 5.74) is 2.69. The van der Waals surface area contributed by atoms with Crippen molar-refractivity contribution in [1.29, 1.82) is 0 Å². The monoisotopic (exact) mass is 453 g/mol. The number of nitrogens with zero attached hydrogens (tertiary/aromatic N) is 4. The van der Waals surface area contributed by atoms with Gasteiger partial charge >= 0.3 is 0 Å². The van der Waals surface area contributed by atoms with Gasteiger partial charge in [0.25, 0.3) is 0 Å². The summed E-state index contributed by atoms with van der Waals surface area (Å²) in [5.74, 6) is 1.76. The van der Waals surface area contributed by atoms with E-state index in [-0.39, 0.29) is 18.5 Å². The van der Waals surface area contributed by atoms with Crippen LogP contribution in [0.15, 0.2) is 35.7 Å². The molecule has 168 valence electrons. The fourth-order valence-corrected chi connectivity index (χ4v) is 5.71. The number of anilines is 3. The molecule has 0 radical (unpaired) electrons. The summed E-state index contributed by atoms with van der Waals surface area (Å²) in [4.78, 5) is 26.9. The summed E-state index contributed by atoms with van der Waals surface area (Å²) in [5, 5.41) is 3.49. The summed E-state index contributed by atoms with van der Waals surface area (Å²) in [6.45, 7) is 6.62. The van der Waals surface area contributed by atoms with Gasteiger partial charge in [0, 0.05) is 44.5 Å². The van der Waals surface area contributed by atoms with Gasteiger partial charge in [0.15, 0.2) is 5.82 Å². The Bertz CT molecular complexity index is 1030. The smallest absolute Gasteiger partial charge is 0.246 e. The SMILES string of the molecule is C=Cc1cccc(N2CCN(c3nc4c(c(NC5CCOCC5)n3)[S+]([O-])CC4)CC2=O)c1. The van der Waals surface area contributed by atoms with E-state index < -0.39 is 11.2 Å². The van der Waals surface area contributed by atoms with Crippen LogP contribution in [0.4, 0.5) is 17.5 Å². The lowest BCUT2D eigenvalue weighted by molar-refractivity contribution is -0.117. The third-order valence-corrected chi connectivity index (χ3v) is 7.62. The van der Waals surface area contributed by atoms with Crippen LogP contribution in [-0.2, 0) is 27.1 Å². The first-order valence-corrected chi connectivity index (χ1v) is 12.4. The van der Waals surface area contributed by atoms with E-state index in [1.165, 1.54) is 0 Å². The van der Waals surface area contributed by atoms with Gasteiger partial charge in [-0.15, -0.1) is 0 Å². The zero-order chi connectivity index (χ0) is 22.1. The molecular formula is C23H27N5O3S. The van der Waals surface area contributed by atoms with Crippen LogP contribution < -0.4 is 15.1 Å². The van der Waals surface area contributed by atoms with Crippen LogP contribution in [0.3, 0.4) is 0 Å². The van der Waals surface area contributed by atoms with Gasteiger partial charge in [0.1, 0.15) is 18.0 Å². The molecule has 2 fully saturated rings. The lowest BCUT2D eigenvalue weighted by Crippen LogP contribution is -2.51. The molecule has 1 aromatic heterocycles. The lowest BCUT2D eigenvalue weighted by atomic mass is 10.1. The summed E-state index contributed by atoms with van der Waals surface area (Å²) in [6.07, 6.45) is 4.23. The van der Waals surface area contributed by atoms with Crippen LogP contribution in [0.5, 0.6) is 0 Å². The molecule has 2 saturated heterocycles. The molecule has 1 unspecified atom stereocenters. The number of ether oxygens (including phenoxy) is 1. The molecule has 0 bridgehead atoms. The van der Waals surface area contributed by atoms with E-state index >= 15 is 0 Å². The highest BCUT2D eigenvalue weighted by Crippen LogP contribution is 2.33. The van der Waals surface area contributed by atoms with E-state index in [9.17, 15) is 9.35 Å². The van der Waals surface area contributed by atoms with Gasteiger partial charge in [-0.2, -0.15) is 4.98 Å². The van der Waals surface area contributed by atoms with Gasteiger partial charge in [-0.3, -0.25) is 4.79 Å². The number of amides is 1. The normalized spacial score (nSPS) is 21.5. The van der Waals surface area contributed by atoms with Gasteiger partial charge in [-0.05, 0) is 41.7 Å². The summed E-state index contributed by atoms with van der Waals surface area (Å²) in [7, 11) is 0. The second kappa shape index (κ2) is 9.09. The van der Waals surface area contributed by atoms with Gasteiger partial charge in [-0.25, -0.2) is 4.98 Å². The molecule has 1 amide bonds. The van der Waals surface area contributed by atoms with Crippen molar-refractivity contribution in [2.24, 2.45) is 0 Å². The quantitative estimate of drug-likeness (QED) is 0.694. The molecule has 1 N–H and O–H groups in total. The van der Waals surface area contributed by atoms with E-state index in [4.69, 9.17) is 14.7 Å². The molecule has 1 aromatic carbocycles. The maximum absolute atomic E-state index is 13.0. The Kier molecular flexibility index (Phi) is 6.03. The number of carbonyl (C=O) groups is 1. The van der Waals surface area contributed by atoms with E-state index in [1.54, 1.807) is 11.0 Å². The first-order valence-electron chi connectivity index (χ1n) is 11.0. The molecule has 3 aliphatic heterocycles. The average molecular weight is 454 g/mol. The van der Waals surface area contributed by atoms with Crippen molar-refractivity contribution in [1.82, 2.24) is 9.97 Å². The fraction of sp³-hybridized carbons (Fsp3) is 0.435. The summed E-state index contributed by atoms with van der Waals surface area (Å²) >= 11 is -1.09. The van der Waals surface area contributed by atoms with E-state index in [2.05, 4.69) is 11.9 Å². The maximum Gasteiger partial charge on any atom is 0.246 e. The second-order valence-electron chi connectivity index (χ2n) is 8.24. The molecule has 0 spiro atoms. The number of nitrogens with one attached hydrogen (secondary N) is 1. The van der Waals surface area contributed by atoms with Gasteiger partial charge in [0.05, 0.1) is 0 Å². The Labute approximate surface area is 190 Å². The number of carbonyl (C=O) groups excluding carboxylic acids is 1. The van der Waals surface area contributed by atoms with Crippen molar-refractivity contribution < 1.29 is 14.1 Å². The Hall–Kier alpha value is -2.62. The number of hydrogen-bond donors (Lipinski definition) is 1. The third-order valence-electron chi connectivity index (χ3n) is 6.16. The van der Waals surface area contributed by atoms with Crippen LogP contribution in [0.25, 0.3) is 6.08 Å². The Balaban J connectivity index is 1.37. The number of hydrogen-bond acceptors (Lipinski definition) is 7. The highest BCUT2D eigenvalue weighted by Gasteiger charge is 2.35. The Morgan fingerprint density at radius 3 is 2.88 bits per heavy atom. The molecule has 9 heteroatoms. The standard InChI is InChI=1S/C23H27N5O3S/c1-2-16-4-3-5-18(14-16)28-10-9-27(15-20(28)29)23-25-19-8-13-32(30)21(19)22(26-23)24-17-6-11-31-12-7-17/h2-5,14,17H,1,6-13,15H2,(H,24,25,26). The largest absolute Gasteiger partial charge is 0.611 e. The number of benzene rings is 1. The molecule has 1 atom stereocenters. The van der Waals surface area contributed by atoms with Crippen LogP contribution in [0.2, 0.25) is 0 Å². The van der Waals surface area contributed by atoms with E-state index in [0.29, 0.717) is 50.2 Å². The number of aromatic nitrogens is 2. The fourth-order valence-electron chi connectivity index (χ4n) is 4.40. The van der Waals surface area contributed by atoms with Gasteiger partial charge < -0.3 is 24.4 Å². The highest BCUT2D eigenvalue weighted by atomic mass is 32.2. The van der Waals surface area contributed by atoms with E-state index in [0.717, 1.165) is 34.7 Å². The second-order valence-corrected chi connectivity index (χ2v) is 9.75. The summed E-state index contributed by atoms with van der Waals surface area (Å²) < 4.78 is 18.1. The molecule has 4 heterocycles. The molecule has 8 nitrogen and oxygen atoms in total. The molecule has 3 aliphatic rings. The van der Waals surface area contributed by atoms with Crippen molar-refractivity contribution in [3.05, 3.63) is 42.1 Å². The minimum absolute atomic E-state index is 0.00377. The van der Waals surface area contributed by atoms with Crippen molar-refractivity contribution in [3.63, 3.8) is 0 Å². The molecule has 2 aromatic rings. The molecule has 0 saturated carbocycles. The summed E-state index contributed by atoms with van der Waals surface area (Å²) in [6, 6.07) is 8.05. The zero-order valence-electron chi connectivity index (χ0n) is 18.0. The predicted molar refractivity (Wildman–Crippen MR) is 126 cm³/mol. The van der Waals surface area contributed by atoms with Gasteiger partial charge in [-0.1, -0.05) is 24.8 Å². The minimum atomic E-state index is -1.09. The van der Waals surface area contributed by atoms with Crippen molar-refractivity contribution in [3.8, 4) is 0 Å². The Morgan fingerprint density at radius 2 is 2.09 bits per heavy atom. The van der Waals surface area contributed by atoms with Gasteiger partial charge in [0.2, 0.25) is 16.8 Å². The molecule has 5 rings (SSSR count). The van der Waals surface area contributed by atoms with Crippen molar-refractivity contribution >= 4 is 40.6 Å². The number of fused-ring (bicyclic) bond motifs is 1. The van der Waals surface area contributed by atoms with E-state index in [1.807, 2.05) is 29.2 Å².